The van der Waals surface area contributed by atoms with Crippen LogP contribution in [0.3, 0.4) is 0 Å². The Labute approximate surface area is 87.6 Å². The minimum atomic E-state index is -0.428. The third-order valence-electron chi connectivity index (χ3n) is 2.32. The predicted octanol–water partition coefficient (Wildman–Crippen LogP) is 0.871. The van der Waals surface area contributed by atoms with E-state index in [4.69, 9.17) is 0 Å². The fraction of sp³-hybridized carbons (Fsp3) is 0.333. The second-order valence-electron chi connectivity index (χ2n) is 3.16. The molecule has 1 aromatic rings. The van der Waals surface area contributed by atoms with E-state index < -0.39 is 5.75 Å². The van der Waals surface area contributed by atoms with Gasteiger partial charge in [0.15, 0.2) is 11.5 Å². The zero-order chi connectivity index (χ0) is 9.42. The molecule has 1 aromatic carbocycles. The molecule has 0 radical (unpaired) electrons. The van der Waals surface area contributed by atoms with Gasteiger partial charge in [-0.25, -0.2) is 0 Å². The number of hydrogen-bond acceptors (Lipinski definition) is 4. The topological polar surface area (TPSA) is 72.7 Å². The van der Waals surface area contributed by atoms with E-state index in [0.29, 0.717) is 12.1 Å². The van der Waals surface area contributed by atoms with Crippen LogP contribution in [0.15, 0.2) is 6.07 Å². The van der Waals surface area contributed by atoms with Crippen LogP contribution in [0.4, 0.5) is 0 Å². The van der Waals surface area contributed by atoms with Gasteiger partial charge in [0.1, 0.15) is 0 Å². The quantitative estimate of drug-likeness (QED) is 0.487. The molecule has 14 heavy (non-hydrogen) atoms. The third-order valence-corrected chi connectivity index (χ3v) is 2.32. The number of phenols is 3. The molecule has 1 aliphatic rings. The largest absolute Gasteiger partial charge is 0.504 e. The van der Waals surface area contributed by atoms with Crippen LogP contribution in [0.1, 0.15) is 11.1 Å². The average molecular weight is 218 g/mol. The standard InChI is InChI=1S/C9H11NO3.ClH/c11-7-3-5-1-2-10-4-6(5)8(12)9(7)13;/h3,10-13H,1-2,4H2;1H. The van der Waals surface area contributed by atoms with E-state index in [1.807, 2.05) is 0 Å². The summed E-state index contributed by atoms with van der Waals surface area (Å²) in [5.74, 6) is -0.886. The molecular weight excluding hydrogens is 206 g/mol. The van der Waals surface area contributed by atoms with Gasteiger partial charge in [0.2, 0.25) is 5.75 Å². The van der Waals surface area contributed by atoms with Crippen LogP contribution in [0.2, 0.25) is 0 Å². The van der Waals surface area contributed by atoms with Crippen LogP contribution >= 0.6 is 12.4 Å². The van der Waals surface area contributed by atoms with Gasteiger partial charge in [-0.05, 0) is 24.6 Å². The Hall–Kier alpha value is -1.13. The Morgan fingerprint density at radius 1 is 1.14 bits per heavy atom. The van der Waals surface area contributed by atoms with Gasteiger partial charge < -0.3 is 20.6 Å². The summed E-state index contributed by atoms with van der Waals surface area (Å²) in [4.78, 5) is 0. The van der Waals surface area contributed by atoms with Crippen LogP contribution in [-0.2, 0) is 13.0 Å². The first kappa shape index (κ1) is 10.9. The van der Waals surface area contributed by atoms with Crippen LogP contribution in [0.25, 0.3) is 0 Å². The summed E-state index contributed by atoms with van der Waals surface area (Å²) in [5.41, 5.74) is 1.58. The summed E-state index contributed by atoms with van der Waals surface area (Å²) in [6, 6.07) is 1.51. The molecule has 4 nitrogen and oxygen atoms in total. The number of aromatic hydroxyl groups is 3. The van der Waals surface area contributed by atoms with Gasteiger partial charge in [-0.1, -0.05) is 0 Å². The highest BCUT2D eigenvalue weighted by molar-refractivity contribution is 5.85. The van der Waals surface area contributed by atoms with Gasteiger partial charge in [0, 0.05) is 12.1 Å². The number of benzene rings is 1. The molecule has 0 unspecified atom stereocenters. The van der Waals surface area contributed by atoms with E-state index >= 15 is 0 Å². The second-order valence-corrected chi connectivity index (χ2v) is 3.16. The molecular formula is C9H12ClNO3. The van der Waals surface area contributed by atoms with Crippen molar-refractivity contribution in [2.24, 2.45) is 0 Å². The summed E-state index contributed by atoms with van der Waals surface area (Å²) < 4.78 is 0. The van der Waals surface area contributed by atoms with E-state index in [2.05, 4.69) is 5.32 Å². The van der Waals surface area contributed by atoms with Crippen molar-refractivity contribution < 1.29 is 15.3 Å². The van der Waals surface area contributed by atoms with Gasteiger partial charge in [-0.15, -0.1) is 12.4 Å². The first-order chi connectivity index (χ1) is 6.20. The van der Waals surface area contributed by atoms with Crippen LogP contribution in [0.5, 0.6) is 17.2 Å². The van der Waals surface area contributed by atoms with Crippen molar-refractivity contribution in [1.29, 1.82) is 0 Å². The summed E-state index contributed by atoms with van der Waals surface area (Å²) >= 11 is 0. The summed E-state index contributed by atoms with van der Waals surface area (Å²) in [5, 5.41) is 31.0. The van der Waals surface area contributed by atoms with Gasteiger partial charge in [-0.2, -0.15) is 0 Å². The molecule has 4 N–H and O–H groups in total. The van der Waals surface area contributed by atoms with Crippen molar-refractivity contribution in [3.05, 3.63) is 17.2 Å². The Bertz CT molecular complexity index is 354. The van der Waals surface area contributed by atoms with E-state index in [1.54, 1.807) is 0 Å². The van der Waals surface area contributed by atoms with Gasteiger partial charge >= 0.3 is 0 Å². The molecule has 0 aromatic heterocycles. The monoisotopic (exact) mass is 217 g/mol. The van der Waals surface area contributed by atoms with E-state index in [0.717, 1.165) is 18.5 Å². The molecule has 0 atom stereocenters. The number of hydrogen-bond donors (Lipinski definition) is 4. The maximum absolute atomic E-state index is 9.47. The molecule has 2 rings (SSSR count). The number of halogens is 1. The number of nitrogens with one attached hydrogen (secondary N) is 1. The minimum Gasteiger partial charge on any atom is -0.504 e. The van der Waals surface area contributed by atoms with E-state index in [1.165, 1.54) is 6.07 Å². The summed E-state index contributed by atoms with van der Waals surface area (Å²) in [6.45, 7) is 1.37. The first-order valence-corrected chi connectivity index (χ1v) is 4.16. The summed E-state index contributed by atoms with van der Waals surface area (Å²) in [6.07, 6.45) is 0.761. The zero-order valence-corrected chi connectivity index (χ0v) is 8.27. The Morgan fingerprint density at radius 3 is 2.57 bits per heavy atom. The predicted molar refractivity (Wildman–Crippen MR) is 54.1 cm³/mol. The van der Waals surface area contributed by atoms with Crippen molar-refractivity contribution in [1.82, 2.24) is 5.32 Å². The molecule has 0 fully saturated rings. The van der Waals surface area contributed by atoms with Crippen molar-refractivity contribution in [2.75, 3.05) is 6.54 Å². The van der Waals surface area contributed by atoms with Gasteiger partial charge in [0.05, 0.1) is 0 Å². The normalized spacial score (nSPS) is 14.3. The van der Waals surface area contributed by atoms with Gasteiger partial charge in [0.25, 0.3) is 0 Å². The Kier molecular flexibility index (Phi) is 3.08. The highest BCUT2D eigenvalue weighted by Gasteiger charge is 2.18. The molecule has 0 spiro atoms. The molecule has 1 aliphatic heterocycles. The summed E-state index contributed by atoms with van der Waals surface area (Å²) in [7, 11) is 0. The van der Waals surface area contributed by atoms with Crippen LogP contribution < -0.4 is 5.32 Å². The zero-order valence-electron chi connectivity index (χ0n) is 7.45. The third kappa shape index (κ3) is 1.58. The first-order valence-electron chi connectivity index (χ1n) is 4.16. The van der Waals surface area contributed by atoms with E-state index in [-0.39, 0.29) is 23.9 Å². The molecule has 0 bridgehead atoms. The maximum Gasteiger partial charge on any atom is 0.200 e. The van der Waals surface area contributed by atoms with Crippen LogP contribution in [0, 0.1) is 0 Å². The smallest absolute Gasteiger partial charge is 0.200 e. The molecule has 1 heterocycles. The molecule has 0 amide bonds. The molecule has 5 heteroatoms. The highest BCUT2D eigenvalue weighted by Crippen LogP contribution is 2.40. The number of rotatable bonds is 0. The van der Waals surface area contributed by atoms with Crippen molar-refractivity contribution in [2.45, 2.75) is 13.0 Å². The minimum absolute atomic E-state index is 0. The molecule has 78 valence electrons. The lowest BCUT2D eigenvalue weighted by atomic mass is 9.99. The van der Waals surface area contributed by atoms with Gasteiger partial charge in [-0.3, -0.25) is 0 Å². The van der Waals surface area contributed by atoms with Crippen LogP contribution in [-0.4, -0.2) is 21.9 Å². The van der Waals surface area contributed by atoms with Crippen molar-refractivity contribution in [3.8, 4) is 17.2 Å². The lowest BCUT2D eigenvalue weighted by Gasteiger charge is -2.19. The molecule has 0 saturated carbocycles. The molecule has 0 aliphatic carbocycles. The lowest BCUT2D eigenvalue weighted by molar-refractivity contribution is 0.361. The fourth-order valence-electron chi connectivity index (χ4n) is 1.59. The van der Waals surface area contributed by atoms with E-state index in [9.17, 15) is 15.3 Å². The van der Waals surface area contributed by atoms with Crippen molar-refractivity contribution in [3.63, 3.8) is 0 Å². The average Bonchev–Trinajstić information content (AvgIpc) is 2.15. The SMILES string of the molecule is Cl.Oc1cc2c(c(O)c1O)CNCC2. The van der Waals surface area contributed by atoms with Crippen molar-refractivity contribution >= 4 is 12.4 Å². The maximum atomic E-state index is 9.47. The Morgan fingerprint density at radius 2 is 1.86 bits per heavy atom. The second kappa shape index (κ2) is 3.94. The lowest BCUT2D eigenvalue weighted by Crippen LogP contribution is -2.23. The Balaban J connectivity index is 0.000000980. The highest BCUT2D eigenvalue weighted by atomic mass is 35.5. The number of fused-ring (bicyclic) bond motifs is 1. The molecule has 0 saturated heterocycles. The number of phenolic OH excluding ortho intramolecular Hbond substituents is 3. The fourth-order valence-corrected chi connectivity index (χ4v) is 1.59.